The summed E-state index contributed by atoms with van der Waals surface area (Å²) in [7, 11) is 0. The first kappa shape index (κ1) is 14.9. The normalized spacial score (nSPS) is 10.3. The van der Waals surface area contributed by atoms with Crippen LogP contribution in [0.15, 0.2) is 30.5 Å². The fourth-order valence-electron chi connectivity index (χ4n) is 1.55. The minimum absolute atomic E-state index is 0.352. The van der Waals surface area contributed by atoms with Gasteiger partial charge in [0.1, 0.15) is 11.6 Å². The second kappa shape index (κ2) is 7.31. The molecule has 20 heavy (non-hydrogen) atoms. The van der Waals surface area contributed by atoms with Crippen molar-refractivity contribution < 1.29 is 4.74 Å². The van der Waals surface area contributed by atoms with Crippen LogP contribution in [-0.2, 0) is 6.61 Å². The highest BCUT2D eigenvalue weighted by molar-refractivity contribution is 6.31. The molecule has 4 nitrogen and oxygen atoms in total. The van der Waals surface area contributed by atoms with Gasteiger partial charge in [-0.2, -0.15) is 4.98 Å². The molecule has 1 N–H and O–H groups in total. The lowest BCUT2D eigenvalue weighted by Crippen LogP contribution is -2.06. The van der Waals surface area contributed by atoms with Crippen LogP contribution in [0.3, 0.4) is 0 Å². The standard InChI is InChI=1S/C14H15Cl2N3O/c1-2-6-17-14-18-8-12(16)13(19-14)20-9-10-4-3-5-11(15)7-10/h3-5,7-8H,2,6,9H2,1H3,(H,17,18,19). The minimum Gasteiger partial charge on any atom is -0.472 e. The SMILES string of the molecule is CCCNc1ncc(Cl)c(OCc2cccc(Cl)c2)n1. The molecule has 0 atom stereocenters. The molecule has 1 heterocycles. The van der Waals surface area contributed by atoms with Gasteiger partial charge < -0.3 is 10.1 Å². The Bertz CT molecular complexity index is 578. The van der Waals surface area contributed by atoms with E-state index in [-0.39, 0.29) is 0 Å². The van der Waals surface area contributed by atoms with Gasteiger partial charge in [0.15, 0.2) is 0 Å². The Hall–Kier alpha value is -1.52. The predicted molar refractivity (Wildman–Crippen MR) is 81.6 cm³/mol. The zero-order valence-corrected chi connectivity index (χ0v) is 12.6. The molecule has 0 fully saturated rings. The number of nitrogens with one attached hydrogen (secondary N) is 1. The Morgan fingerprint density at radius 3 is 2.90 bits per heavy atom. The number of benzene rings is 1. The third-order valence-electron chi connectivity index (χ3n) is 2.51. The molecule has 0 saturated heterocycles. The van der Waals surface area contributed by atoms with Crippen molar-refractivity contribution >= 4 is 29.2 Å². The molecule has 0 bridgehead atoms. The highest BCUT2D eigenvalue weighted by Crippen LogP contribution is 2.23. The molecule has 2 aromatic rings. The summed E-state index contributed by atoms with van der Waals surface area (Å²) in [5.74, 6) is 0.873. The summed E-state index contributed by atoms with van der Waals surface area (Å²) in [5, 5.41) is 4.14. The van der Waals surface area contributed by atoms with Crippen LogP contribution in [0, 0.1) is 0 Å². The molecule has 2 rings (SSSR count). The van der Waals surface area contributed by atoms with E-state index in [1.54, 1.807) is 0 Å². The van der Waals surface area contributed by atoms with Crippen LogP contribution in [0.5, 0.6) is 5.88 Å². The second-order valence-electron chi connectivity index (χ2n) is 4.19. The molecule has 0 aliphatic heterocycles. The number of ether oxygens (including phenoxy) is 1. The van der Waals surface area contributed by atoms with E-state index in [1.165, 1.54) is 6.20 Å². The van der Waals surface area contributed by atoms with Gasteiger partial charge in [-0.1, -0.05) is 42.3 Å². The maximum atomic E-state index is 6.02. The Morgan fingerprint density at radius 1 is 1.30 bits per heavy atom. The number of anilines is 1. The lowest BCUT2D eigenvalue weighted by atomic mass is 10.2. The smallest absolute Gasteiger partial charge is 0.237 e. The fraction of sp³-hybridized carbons (Fsp3) is 0.286. The molecule has 0 aliphatic carbocycles. The van der Waals surface area contributed by atoms with Crippen molar-refractivity contribution in [1.82, 2.24) is 9.97 Å². The lowest BCUT2D eigenvalue weighted by Gasteiger charge is -2.09. The first-order chi connectivity index (χ1) is 9.69. The van der Waals surface area contributed by atoms with E-state index < -0.39 is 0 Å². The van der Waals surface area contributed by atoms with Gasteiger partial charge >= 0.3 is 0 Å². The molecule has 0 saturated carbocycles. The monoisotopic (exact) mass is 311 g/mol. The first-order valence-electron chi connectivity index (χ1n) is 6.32. The molecule has 0 spiro atoms. The summed E-state index contributed by atoms with van der Waals surface area (Å²) in [6, 6.07) is 7.45. The molecular formula is C14H15Cl2N3O. The van der Waals surface area contributed by atoms with Gasteiger partial charge in [0.05, 0.1) is 6.20 Å². The Balaban J connectivity index is 2.04. The average Bonchev–Trinajstić information content (AvgIpc) is 2.45. The zero-order valence-electron chi connectivity index (χ0n) is 11.1. The maximum absolute atomic E-state index is 6.02. The molecule has 6 heteroatoms. The number of hydrogen-bond acceptors (Lipinski definition) is 4. The molecular weight excluding hydrogens is 297 g/mol. The summed E-state index contributed by atoms with van der Waals surface area (Å²) in [6.45, 7) is 3.22. The summed E-state index contributed by atoms with van der Waals surface area (Å²) in [5.41, 5.74) is 0.954. The van der Waals surface area contributed by atoms with Crippen LogP contribution in [0.4, 0.5) is 5.95 Å². The quantitative estimate of drug-likeness (QED) is 0.869. The van der Waals surface area contributed by atoms with Crippen molar-refractivity contribution in [2.75, 3.05) is 11.9 Å². The van der Waals surface area contributed by atoms with E-state index in [2.05, 4.69) is 22.2 Å². The van der Waals surface area contributed by atoms with Crippen LogP contribution in [0.25, 0.3) is 0 Å². The number of halogens is 2. The molecule has 1 aromatic carbocycles. The van der Waals surface area contributed by atoms with Gasteiger partial charge in [0, 0.05) is 11.6 Å². The van der Waals surface area contributed by atoms with Gasteiger partial charge in [-0.05, 0) is 24.1 Å². The molecule has 1 aromatic heterocycles. The van der Waals surface area contributed by atoms with Gasteiger partial charge in [-0.25, -0.2) is 4.98 Å². The van der Waals surface area contributed by atoms with E-state index in [0.29, 0.717) is 28.5 Å². The van der Waals surface area contributed by atoms with Gasteiger partial charge in [0.2, 0.25) is 11.8 Å². The van der Waals surface area contributed by atoms with E-state index in [1.807, 2.05) is 24.3 Å². The zero-order chi connectivity index (χ0) is 14.4. The van der Waals surface area contributed by atoms with Crippen molar-refractivity contribution in [3.63, 3.8) is 0 Å². The number of rotatable bonds is 6. The van der Waals surface area contributed by atoms with Crippen molar-refractivity contribution in [2.45, 2.75) is 20.0 Å². The third-order valence-corrected chi connectivity index (χ3v) is 3.00. The maximum Gasteiger partial charge on any atom is 0.237 e. The topological polar surface area (TPSA) is 47.0 Å². The highest BCUT2D eigenvalue weighted by atomic mass is 35.5. The summed E-state index contributed by atoms with van der Waals surface area (Å²) in [6.07, 6.45) is 2.52. The Kier molecular flexibility index (Phi) is 5.44. The van der Waals surface area contributed by atoms with Gasteiger partial charge in [0.25, 0.3) is 0 Å². The van der Waals surface area contributed by atoms with Gasteiger partial charge in [-0.3, -0.25) is 0 Å². The Labute approximate surface area is 128 Å². The van der Waals surface area contributed by atoms with Crippen molar-refractivity contribution in [1.29, 1.82) is 0 Å². The van der Waals surface area contributed by atoms with E-state index in [9.17, 15) is 0 Å². The van der Waals surface area contributed by atoms with Crippen LogP contribution < -0.4 is 10.1 Å². The van der Waals surface area contributed by atoms with E-state index in [4.69, 9.17) is 27.9 Å². The molecule has 0 unspecified atom stereocenters. The summed E-state index contributed by atoms with van der Waals surface area (Å²) < 4.78 is 5.62. The lowest BCUT2D eigenvalue weighted by molar-refractivity contribution is 0.294. The second-order valence-corrected chi connectivity index (χ2v) is 5.04. The number of nitrogens with zero attached hydrogens (tertiary/aromatic N) is 2. The third kappa shape index (κ3) is 4.25. The predicted octanol–water partition coefficient (Wildman–Crippen LogP) is 4.18. The number of hydrogen-bond donors (Lipinski definition) is 1. The Morgan fingerprint density at radius 2 is 2.15 bits per heavy atom. The van der Waals surface area contributed by atoms with Crippen molar-refractivity contribution in [3.8, 4) is 5.88 Å². The minimum atomic E-state index is 0.352. The molecule has 0 aliphatic rings. The largest absolute Gasteiger partial charge is 0.472 e. The van der Waals surface area contributed by atoms with Crippen LogP contribution in [-0.4, -0.2) is 16.5 Å². The molecule has 106 valence electrons. The van der Waals surface area contributed by atoms with Crippen LogP contribution in [0.1, 0.15) is 18.9 Å². The molecule has 0 amide bonds. The summed E-state index contributed by atoms with van der Waals surface area (Å²) >= 11 is 11.9. The average molecular weight is 312 g/mol. The van der Waals surface area contributed by atoms with Crippen molar-refractivity contribution in [2.24, 2.45) is 0 Å². The summed E-state index contributed by atoms with van der Waals surface area (Å²) in [4.78, 5) is 8.33. The van der Waals surface area contributed by atoms with E-state index in [0.717, 1.165) is 18.5 Å². The fourth-order valence-corrected chi connectivity index (χ4v) is 1.91. The number of aromatic nitrogens is 2. The molecule has 0 radical (unpaired) electrons. The van der Waals surface area contributed by atoms with E-state index >= 15 is 0 Å². The highest BCUT2D eigenvalue weighted by Gasteiger charge is 2.07. The first-order valence-corrected chi connectivity index (χ1v) is 7.08. The van der Waals surface area contributed by atoms with Crippen LogP contribution >= 0.6 is 23.2 Å². The van der Waals surface area contributed by atoms with Crippen LogP contribution in [0.2, 0.25) is 10.0 Å². The van der Waals surface area contributed by atoms with Crippen molar-refractivity contribution in [3.05, 3.63) is 46.1 Å². The van der Waals surface area contributed by atoms with Gasteiger partial charge in [-0.15, -0.1) is 0 Å².